The molecule has 0 aromatic heterocycles. The van der Waals surface area contributed by atoms with Gasteiger partial charge >= 0.3 is 0 Å². The van der Waals surface area contributed by atoms with Crippen molar-refractivity contribution in [2.45, 2.75) is 49.2 Å². The van der Waals surface area contributed by atoms with Crippen molar-refractivity contribution in [1.29, 1.82) is 0 Å². The first-order valence-corrected chi connectivity index (χ1v) is 12.8. The smallest absolute Gasteiger partial charge is 0.253 e. The molecule has 1 fully saturated rings. The summed E-state index contributed by atoms with van der Waals surface area (Å²) < 4.78 is 23.4. The van der Waals surface area contributed by atoms with E-state index < -0.39 is 33.7 Å². The Morgan fingerprint density at radius 1 is 1.03 bits per heavy atom. The fourth-order valence-corrected chi connectivity index (χ4v) is 4.29. The second-order valence-corrected chi connectivity index (χ2v) is 10.6. The standard InChI is InChI=1S/C23H26ClN3O5S/c1-14(25-23(30)18-11-10-17(12-19(18)24)33(2,31)32)22(15-6-4-3-5-7-15)27-21(29)13-20(28)26-16-8-9-16/h3-7,10-12,14,16,22H,8-9,13H2,1-2H3,(H,25,30)(H,26,28)(H,27,29). The first kappa shape index (κ1) is 24.7. The van der Waals surface area contributed by atoms with Crippen LogP contribution < -0.4 is 16.0 Å². The van der Waals surface area contributed by atoms with Gasteiger partial charge in [-0.3, -0.25) is 14.4 Å². The van der Waals surface area contributed by atoms with E-state index in [-0.39, 0.29) is 33.9 Å². The molecule has 2 aromatic rings. The third-order valence-electron chi connectivity index (χ3n) is 5.21. The van der Waals surface area contributed by atoms with E-state index >= 15 is 0 Å². The van der Waals surface area contributed by atoms with Gasteiger partial charge in [-0.15, -0.1) is 0 Å². The summed E-state index contributed by atoms with van der Waals surface area (Å²) in [5.74, 6) is -1.32. The van der Waals surface area contributed by atoms with Crippen molar-refractivity contribution in [3.8, 4) is 0 Å². The molecule has 0 aliphatic heterocycles. The van der Waals surface area contributed by atoms with E-state index in [1.54, 1.807) is 6.92 Å². The second kappa shape index (κ2) is 10.4. The minimum absolute atomic E-state index is 0.000307. The summed E-state index contributed by atoms with van der Waals surface area (Å²) in [6, 6.07) is 11.9. The topological polar surface area (TPSA) is 121 Å². The highest BCUT2D eigenvalue weighted by molar-refractivity contribution is 7.90. The van der Waals surface area contributed by atoms with Gasteiger partial charge in [0.1, 0.15) is 6.42 Å². The summed E-state index contributed by atoms with van der Waals surface area (Å²) in [6.45, 7) is 1.72. The predicted octanol–water partition coefficient (Wildman–Crippen LogP) is 2.39. The molecule has 2 aromatic carbocycles. The number of sulfone groups is 1. The molecule has 3 amide bonds. The average molecular weight is 492 g/mol. The fourth-order valence-electron chi connectivity index (χ4n) is 3.31. The Hall–Kier alpha value is -2.91. The Kier molecular flexibility index (Phi) is 7.76. The number of rotatable bonds is 9. The second-order valence-electron chi connectivity index (χ2n) is 8.15. The Morgan fingerprint density at radius 2 is 1.70 bits per heavy atom. The molecule has 1 aliphatic carbocycles. The quantitative estimate of drug-likeness (QED) is 0.465. The first-order chi connectivity index (χ1) is 15.5. The third kappa shape index (κ3) is 7.03. The zero-order chi connectivity index (χ0) is 24.2. The van der Waals surface area contributed by atoms with Crippen LogP contribution in [0.2, 0.25) is 5.02 Å². The maximum absolute atomic E-state index is 12.8. The van der Waals surface area contributed by atoms with Crippen molar-refractivity contribution in [3.05, 3.63) is 64.7 Å². The van der Waals surface area contributed by atoms with E-state index in [9.17, 15) is 22.8 Å². The monoisotopic (exact) mass is 491 g/mol. The molecule has 0 spiro atoms. The van der Waals surface area contributed by atoms with Crippen molar-refractivity contribution in [2.75, 3.05) is 6.26 Å². The van der Waals surface area contributed by atoms with Gasteiger partial charge in [-0.25, -0.2) is 8.42 Å². The van der Waals surface area contributed by atoms with Crippen LogP contribution in [0.25, 0.3) is 0 Å². The van der Waals surface area contributed by atoms with E-state index in [1.807, 2.05) is 30.3 Å². The molecule has 2 atom stereocenters. The molecular formula is C23H26ClN3O5S. The number of benzene rings is 2. The summed E-state index contributed by atoms with van der Waals surface area (Å²) in [7, 11) is -3.46. The van der Waals surface area contributed by atoms with Crippen molar-refractivity contribution in [1.82, 2.24) is 16.0 Å². The molecule has 2 unspecified atom stereocenters. The highest BCUT2D eigenvalue weighted by Gasteiger charge is 2.27. The van der Waals surface area contributed by atoms with Crippen LogP contribution in [-0.4, -0.2) is 44.5 Å². The molecule has 176 valence electrons. The Morgan fingerprint density at radius 3 is 2.27 bits per heavy atom. The molecule has 0 radical (unpaired) electrons. The summed E-state index contributed by atoms with van der Waals surface area (Å²) >= 11 is 6.16. The molecule has 0 saturated heterocycles. The molecule has 10 heteroatoms. The van der Waals surface area contributed by atoms with Crippen LogP contribution in [0, 0.1) is 0 Å². The molecule has 8 nitrogen and oxygen atoms in total. The summed E-state index contributed by atoms with van der Waals surface area (Å²) in [4.78, 5) is 37.4. The maximum atomic E-state index is 12.8. The summed E-state index contributed by atoms with van der Waals surface area (Å²) in [6.07, 6.45) is 2.60. The lowest BCUT2D eigenvalue weighted by atomic mass is 9.99. The van der Waals surface area contributed by atoms with Crippen molar-refractivity contribution in [3.63, 3.8) is 0 Å². The molecular weight excluding hydrogens is 466 g/mol. The van der Waals surface area contributed by atoms with E-state index in [1.165, 1.54) is 18.2 Å². The number of nitrogens with one attached hydrogen (secondary N) is 3. The lowest BCUT2D eigenvalue weighted by Crippen LogP contribution is -2.45. The van der Waals surface area contributed by atoms with Crippen LogP contribution >= 0.6 is 11.6 Å². The van der Waals surface area contributed by atoms with Crippen LogP contribution in [0.5, 0.6) is 0 Å². The minimum atomic E-state index is -3.46. The number of amides is 3. The zero-order valence-corrected chi connectivity index (χ0v) is 19.9. The predicted molar refractivity (Wildman–Crippen MR) is 125 cm³/mol. The fraction of sp³-hybridized carbons (Fsp3) is 0.348. The number of halogens is 1. The third-order valence-corrected chi connectivity index (χ3v) is 6.63. The van der Waals surface area contributed by atoms with Gasteiger partial charge < -0.3 is 16.0 Å². The molecule has 33 heavy (non-hydrogen) atoms. The van der Waals surface area contributed by atoms with Crippen LogP contribution in [0.3, 0.4) is 0 Å². The van der Waals surface area contributed by atoms with E-state index in [0.29, 0.717) is 0 Å². The minimum Gasteiger partial charge on any atom is -0.353 e. The van der Waals surface area contributed by atoms with Crippen LogP contribution in [0.1, 0.15) is 48.1 Å². The van der Waals surface area contributed by atoms with Crippen molar-refractivity contribution >= 4 is 39.2 Å². The number of carbonyl (C=O) groups excluding carboxylic acids is 3. The van der Waals surface area contributed by atoms with E-state index in [2.05, 4.69) is 16.0 Å². The zero-order valence-electron chi connectivity index (χ0n) is 18.3. The normalized spacial score (nSPS) is 15.2. The van der Waals surface area contributed by atoms with Crippen molar-refractivity contribution < 1.29 is 22.8 Å². The average Bonchev–Trinajstić information content (AvgIpc) is 3.55. The largest absolute Gasteiger partial charge is 0.353 e. The maximum Gasteiger partial charge on any atom is 0.253 e. The van der Waals surface area contributed by atoms with Gasteiger partial charge in [-0.05, 0) is 43.5 Å². The van der Waals surface area contributed by atoms with Crippen LogP contribution in [0.4, 0.5) is 0 Å². The number of carbonyl (C=O) groups is 3. The lowest BCUT2D eigenvalue weighted by Gasteiger charge is -2.27. The Bertz CT molecular complexity index is 1150. The SMILES string of the molecule is CC(NC(=O)c1ccc(S(C)(=O)=O)cc1Cl)C(NC(=O)CC(=O)NC1CC1)c1ccccc1. The van der Waals surface area contributed by atoms with Gasteiger partial charge in [0, 0.05) is 12.3 Å². The summed E-state index contributed by atoms with van der Waals surface area (Å²) in [5.41, 5.74) is 0.859. The van der Waals surface area contributed by atoms with Crippen molar-refractivity contribution in [2.24, 2.45) is 0 Å². The van der Waals surface area contributed by atoms with E-state index in [0.717, 1.165) is 24.7 Å². The van der Waals surface area contributed by atoms with Gasteiger partial charge in [0.25, 0.3) is 5.91 Å². The van der Waals surface area contributed by atoms with Gasteiger partial charge in [0.05, 0.1) is 27.6 Å². The molecule has 1 aliphatic rings. The summed E-state index contributed by atoms with van der Waals surface area (Å²) in [5, 5.41) is 8.41. The molecule has 0 heterocycles. The van der Waals surface area contributed by atoms with Gasteiger partial charge in [-0.2, -0.15) is 0 Å². The number of hydrogen-bond acceptors (Lipinski definition) is 5. The van der Waals surface area contributed by atoms with Crippen LogP contribution in [-0.2, 0) is 19.4 Å². The highest BCUT2D eigenvalue weighted by atomic mass is 35.5. The molecule has 0 bridgehead atoms. The van der Waals surface area contributed by atoms with Crippen LogP contribution in [0.15, 0.2) is 53.4 Å². The van der Waals surface area contributed by atoms with Gasteiger partial charge in [0.15, 0.2) is 9.84 Å². The molecule has 3 N–H and O–H groups in total. The van der Waals surface area contributed by atoms with E-state index in [4.69, 9.17) is 11.6 Å². The Balaban J connectivity index is 1.73. The lowest BCUT2D eigenvalue weighted by molar-refractivity contribution is -0.129. The first-order valence-electron chi connectivity index (χ1n) is 10.5. The highest BCUT2D eigenvalue weighted by Crippen LogP contribution is 2.23. The number of hydrogen-bond donors (Lipinski definition) is 3. The Labute approximate surface area is 198 Å². The van der Waals surface area contributed by atoms with Gasteiger partial charge in [0.2, 0.25) is 11.8 Å². The van der Waals surface area contributed by atoms with Gasteiger partial charge in [-0.1, -0.05) is 41.9 Å². The molecule has 1 saturated carbocycles. The molecule has 3 rings (SSSR count).